The van der Waals surface area contributed by atoms with E-state index in [0.717, 1.165) is 19.3 Å². The van der Waals surface area contributed by atoms with E-state index in [9.17, 15) is 8.42 Å². The Morgan fingerprint density at radius 2 is 2.11 bits per heavy atom. The minimum Gasteiger partial charge on any atom is -0.396 e. The molecule has 1 aliphatic rings. The molecule has 106 valence electrons. The normalized spacial score (nSPS) is 16.6. The molecule has 1 aromatic carbocycles. The van der Waals surface area contributed by atoms with Crippen molar-refractivity contribution in [3.63, 3.8) is 0 Å². The van der Waals surface area contributed by atoms with E-state index in [1.165, 1.54) is 10.4 Å². The standard InChI is InChI=1S/C13H18ClNO3S/c14-11-4-1-7-13(10-11)19(17,18)15(8-3-9-16)12-5-2-6-12/h1,4,7,10,12,16H,2-3,5-6,8-9H2. The van der Waals surface area contributed by atoms with Gasteiger partial charge in [0.05, 0.1) is 4.90 Å². The average Bonchev–Trinajstić information content (AvgIpc) is 2.31. The monoisotopic (exact) mass is 303 g/mol. The summed E-state index contributed by atoms with van der Waals surface area (Å²) in [7, 11) is -3.52. The summed E-state index contributed by atoms with van der Waals surface area (Å²) in [5.74, 6) is 0. The largest absolute Gasteiger partial charge is 0.396 e. The number of nitrogens with zero attached hydrogens (tertiary/aromatic N) is 1. The van der Waals surface area contributed by atoms with Crippen molar-refractivity contribution >= 4 is 21.6 Å². The Morgan fingerprint density at radius 3 is 2.63 bits per heavy atom. The lowest BCUT2D eigenvalue weighted by Crippen LogP contribution is -2.44. The number of benzene rings is 1. The van der Waals surface area contributed by atoms with Gasteiger partial charge in [-0.2, -0.15) is 4.31 Å². The first kappa shape index (κ1) is 14.8. The molecule has 0 radical (unpaired) electrons. The molecule has 0 atom stereocenters. The predicted molar refractivity (Wildman–Crippen MR) is 74.7 cm³/mol. The minimum atomic E-state index is -3.52. The number of halogens is 1. The van der Waals surface area contributed by atoms with E-state index in [-0.39, 0.29) is 17.5 Å². The van der Waals surface area contributed by atoms with Crippen LogP contribution in [0.4, 0.5) is 0 Å². The van der Waals surface area contributed by atoms with Crippen molar-refractivity contribution in [1.29, 1.82) is 0 Å². The van der Waals surface area contributed by atoms with Gasteiger partial charge in [0.15, 0.2) is 0 Å². The summed E-state index contributed by atoms with van der Waals surface area (Å²) >= 11 is 5.86. The van der Waals surface area contributed by atoms with Crippen LogP contribution < -0.4 is 0 Å². The van der Waals surface area contributed by atoms with Gasteiger partial charge < -0.3 is 5.11 Å². The number of rotatable bonds is 6. The highest BCUT2D eigenvalue weighted by molar-refractivity contribution is 7.89. The Labute approximate surface area is 119 Å². The van der Waals surface area contributed by atoms with Gasteiger partial charge in [-0.15, -0.1) is 0 Å². The molecule has 1 aromatic rings. The smallest absolute Gasteiger partial charge is 0.243 e. The minimum absolute atomic E-state index is 0.00567. The number of hydrogen-bond donors (Lipinski definition) is 1. The summed E-state index contributed by atoms with van der Waals surface area (Å²) < 4.78 is 26.7. The lowest BCUT2D eigenvalue weighted by atomic mass is 9.93. The Kier molecular flexibility index (Phi) is 4.84. The fourth-order valence-corrected chi connectivity index (χ4v) is 4.19. The second-order valence-corrected chi connectivity index (χ2v) is 7.06. The molecule has 19 heavy (non-hydrogen) atoms. The van der Waals surface area contributed by atoms with Crippen molar-refractivity contribution in [3.8, 4) is 0 Å². The molecular weight excluding hydrogens is 286 g/mol. The lowest BCUT2D eigenvalue weighted by molar-refractivity contribution is 0.198. The second kappa shape index (κ2) is 6.22. The first-order valence-corrected chi connectivity index (χ1v) is 8.26. The van der Waals surface area contributed by atoms with E-state index in [0.29, 0.717) is 18.0 Å². The molecule has 0 unspecified atom stereocenters. The van der Waals surface area contributed by atoms with Gasteiger partial charge in [0.2, 0.25) is 10.0 Å². The van der Waals surface area contributed by atoms with Gasteiger partial charge >= 0.3 is 0 Å². The topological polar surface area (TPSA) is 57.6 Å². The van der Waals surface area contributed by atoms with Gasteiger partial charge in [0.1, 0.15) is 0 Å². The Balaban J connectivity index is 2.27. The number of aliphatic hydroxyl groups excluding tert-OH is 1. The van der Waals surface area contributed by atoms with Crippen LogP contribution in [0.2, 0.25) is 5.02 Å². The molecule has 1 saturated carbocycles. The van der Waals surface area contributed by atoms with E-state index in [2.05, 4.69) is 0 Å². The van der Waals surface area contributed by atoms with E-state index < -0.39 is 10.0 Å². The van der Waals surface area contributed by atoms with Crippen LogP contribution in [0.25, 0.3) is 0 Å². The molecule has 1 N–H and O–H groups in total. The molecule has 0 heterocycles. The van der Waals surface area contributed by atoms with Crippen molar-refractivity contribution in [2.45, 2.75) is 36.6 Å². The van der Waals surface area contributed by atoms with E-state index in [4.69, 9.17) is 16.7 Å². The third-order valence-electron chi connectivity index (χ3n) is 3.42. The highest BCUT2D eigenvalue weighted by Crippen LogP contribution is 2.30. The summed E-state index contributed by atoms with van der Waals surface area (Å²) in [6, 6.07) is 6.39. The Hall–Kier alpha value is -0.620. The molecular formula is C13H18ClNO3S. The zero-order chi connectivity index (χ0) is 13.9. The van der Waals surface area contributed by atoms with Gasteiger partial charge in [-0.25, -0.2) is 8.42 Å². The van der Waals surface area contributed by atoms with E-state index in [1.807, 2.05) is 0 Å². The zero-order valence-corrected chi connectivity index (χ0v) is 12.2. The predicted octanol–water partition coefficient (Wildman–Crippen LogP) is 2.27. The molecule has 2 rings (SSSR count). The van der Waals surface area contributed by atoms with Crippen molar-refractivity contribution in [1.82, 2.24) is 4.31 Å². The van der Waals surface area contributed by atoms with Crippen LogP contribution in [-0.4, -0.2) is 37.0 Å². The van der Waals surface area contributed by atoms with Crippen LogP contribution >= 0.6 is 11.6 Å². The van der Waals surface area contributed by atoms with Crippen LogP contribution in [0.15, 0.2) is 29.2 Å². The summed E-state index contributed by atoms with van der Waals surface area (Å²) in [5, 5.41) is 9.34. The highest BCUT2D eigenvalue weighted by atomic mass is 35.5. The average molecular weight is 304 g/mol. The number of aliphatic hydroxyl groups is 1. The van der Waals surface area contributed by atoms with Gasteiger partial charge in [-0.3, -0.25) is 0 Å². The summed E-state index contributed by atoms with van der Waals surface area (Å²) in [6.07, 6.45) is 3.30. The van der Waals surface area contributed by atoms with Crippen LogP contribution in [0.1, 0.15) is 25.7 Å². The van der Waals surface area contributed by atoms with Crippen LogP contribution in [0.3, 0.4) is 0 Å². The fourth-order valence-electron chi connectivity index (χ4n) is 2.16. The van der Waals surface area contributed by atoms with Gasteiger partial charge in [0.25, 0.3) is 0 Å². The van der Waals surface area contributed by atoms with Crippen molar-refractivity contribution in [2.75, 3.05) is 13.2 Å². The van der Waals surface area contributed by atoms with E-state index in [1.54, 1.807) is 18.2 Å². The van der Waals surface area contributed by atoms with Gasteiger partial charge in [-0.1, -0.05) is 24.1 Å². The Bertz CT molecular complexity index is 528. The first-order chi connectivity index (χ1) is 9.05. The molecule has 0 aromatic heterocycles. The third-order valence-corrected chi connectivity index (χ3v) is 5.60. The van der Waals surface area contributed by atoms with Crippen molar-refractivity contribution < 1.29 is 13.5 Å². The van der Waals surface area contributed by atoms with Crippen molar-refractivity contribution in [3.05, 3.63) is 29.3 Å². The molecule has 0 aliphatic heterocycles. The summed E-state index contributed by atoms with van der Waals surface area (Å²) in [5.41, 5.74) is 0. The quantitative estimate of drug-likeness (QED) is 0.877. The molecule has 1 fully saturated rings. The summed E-state index contributed by atoms with van der Waals surface area (Å²) in [6.45, 7) is 0.351. The molecule has 0 amide bonds. The SMILES string of the molecule is O=S(=O)(c1cccc(Cl)c1)N(CCCO)C1CCC1. The molecule has 4 nitrogen and oxygen atoms in total. The molecule has 0 bridgehead atoms. The van der Waals surface area contributed by atoms with Crippen LogP contribution in [-0.2, 0) is 10.0 Å². The Morgan fingerprint density at radius 1 is 1.37 bits per heavy atom. The maximum Gasteiger partial charge on any atom is 0.243 e. The first-order valence-electron chi connectivity index (χ1n) is 6.44. The third kappa shape index (κ3) is 3.28. The zero-order valence-electron chi connectivity index (χ0n) is 10.6. The molecule has 0 spiro atoms. The van der Waals surface area contributed by atoms with Gasteiger partial charge in [0, 0.05) is 24.2 Å². The lowest BCUT2D eigenvalue weighted by Gasteiger charge is -2.36. The number of hydrogen-bond acceptors (Lipinski definition) is 3. The second-order valence-electron chi connectivity index (χ2n) is 4.74. The molecule has 0 saturated heterocycles. The molecule has 1 aliphatic carbocycles. The van der Waals surface area contributed by atoms with Crippen molar-refractivity contribution in [2.24, 2.45) is 0 Å². The highest BCUT2D eigenvalue weighted by Gasteiger charge is 2.34. The fraction of sp³-hybridized carbons (Fsp3) is 0.538. The summed E-state index contributed by atoms with van der Waals surface area (Å²) in [4.78, 5) is 0.227. The maximum atomic E-state index is 12.6. The maximum absolute atomic E-state index is 12.6. The van der Waals surface area contributed by atoms with E-state index >= 15 is 0 Å². The van der Waals surface area contributed by atoms with Crippen LogP contribution in [0.5, 0.6) is 0 Å². The molecule has 6 heteroatoms. The number of sulfonamides is 1. The van der Waals surface area contributed by atoms with Crippen LogP contribution in [0, 0.1) is 0 Å². The van der Waals surface area contributed by atoms with Gasteiger partial charge in [-0.05, 0) is 37.5 Å².